The second kappa shape index (κ2) is 10.1. The van der Waals surface area contributed by atoms with Crippen LogP contribution in [0.5, 0.6) is 0 Å². The van der Waals surface area contributed by atoms with Crippen LogP contribution in [0.4, 0.5) is 0 Å². The van der Waals surface area contributed by atoms with Gasteiger partial charge in [-0.05, 0) is 57.5 Å². The number of carbonyl (C=O) groups is 1. The molecule has 0 saturated heterocycles. The summed E-state index contributed by atoms with van der Waals surface area (Å²) in [4.78, 5) is 20.4. The summed E-state index contributed by atoms with van der Waals surface area (Å²) in [5, 5.41) is 11.8. The van der Waals surface area contributed by atoms with Gasteiger partial charge >= 0.3 is 0 Å². The molecule has 1 amide bonds. The van der Waals surface area contributed by atoms with E-state index >= 15 is 0 Å². The number of nitrogens with one attached hydrogen (secondary N) is 1. The van der Waals surface area contributed by atoms with Crippen molar-refractivity contribution in [2.24, 2.45) is 0 Å². The third-order valence-electron chi connectivity index (χ3n) is 6.79. The molecular formula is C29H26N6O4S. The smallest absolute Gasteiger partial charge is 0.282 e. The van der Waals surface area contributed by atoms with Crippen molar-refractivity contribution in [2.45, 2.75) is 10.9 Å². The van der Waals surface area contributed by atoms with Crippen LogP contribution in [0.1, 0.15) is 17.2 Å². The zero-order valence-electron chi connectivity index (χ0n) is 21.8. The maximum atomic E-state index is 13.5. The van der Waals surface area contributed by atoms with Crippen molar-refractivity contribution in [3.8, 4) is 0 Å². The number of benzene rings is 4. The van der Waals surface area contributed by atoms with Crippen LogP contribution >= 0.6 is 0 Å². The normalized spacial score (nSPS) is 15.4. The summed E-state index contributed by atoms with van der Waals surface area (Å²) in [6, 6.07) is 28.0. The number of amides is 1. The third-order valence-corrected chi connectivity index (χ3v) is 8.60. The molecule has 1 atom stereocenters. The Morgan fingerprint density at radius 1 is 0.950 bits per heavy atom. The minimum atomic E-state index is -3.67. The molecule has 4 aromatic carbocycles. The van der Waals surface area contributed by atoms with Gasteiger partial charge in [-0.15, -0.1) is 5.10 Å². The van der Waals surface area contributed by atoms with Crippen LogP contribution in [0, 0.1) is 0 Å². The molecule has 0 bridgehead atoms. The summed E-state index contributed by atoms with van der Waals surface area (Å²) >= 11 is 0. The van der Waals surface area contributed by atoms with Crippen molar-refractivity contribution < 1.29 is 18.0 Å². The monoisotopic (exact) mass is 554 g/mol. The number of hydrogen-bond acceptors (Lipinski definition) is 7. The number of aromatic nitrogens is 3. The Hall–Kier alpha value is -4.74. The van der Waals surface area contributed by atoms with Crippen LogP contribution in [-0.4, -0.2) is 59.5 Å². The van der Waals surface area contributed by atoms with E-state index in [1.165, 1.54) is 31.2 Å². The standard InChI is InChI=1S/C29H26N6O4S/c1-33(2)40(37,38)24-14-15-25-28(17-24)35(32-30-25)39-19-29(36)34-27(21-9-4-3-5-10-21)18-26(31-34)23-13-12-20-8-6-7-11-22(20)16-23/h3-18,27,31H,19H2,1-2H3/t27-/m1/s1. The minimum Gasteiger partial charge on any atom is -0.385 e. The summed E-state index contributed by atoms with van der Waals surface area (Å²) in [5.74, 6) is -0.346. The zero-order chi connectivity index (χ0) is 27.9. The number of nitrogens with zero attached hydrogens (tertiary/aromatic N) is 5. The SMILES string of the molecule is CN(C)S(=O)(=O)c1ccc2nnn(OCC(=O)N3NC(c4ccc5ccccc5c4)=C[C@@H]3c3ccccc3)c2c1. The Morgan fingerprint density at radius 2 is 1.70 bits per heavy atom. The molecule has 1 aromatic heterocycles. The van der Waals surface area contributed by atoms with E-state index in [2.05, 4.69) is 40.0 Å². The first-order chi connectivity index (χ1) is 19.3. The van der Waals surface area contributed by atoms with Gasteiger partial charge in [-0.3, -0.25) is 10.2 Å². The Kier molecular flexibility index (Phi) is 6.45. The lowest BCUT2D eigenvalue weighted by molar-refractivity contribution is -0.140. The molecular weight excluding hydrogens is 528 g/mol. The predicted molar refractivity (Wildman–Crippen MR) is 151 cm³/mol. The van der Waals surface area contributed by atoms with E-state index in [4.69, 9.17) is 4.84 Å². The Balaban J connectivity index is 1.26. The number of hydrazine groups is 1. The number of sulfonamides is 1. The van der Waals surface area contributed by atoms with E-state index in [1.807, 2.05) is 54.6 Å². The lowest BCUT2D eigenvalue weighted by Gasteiger charge is -2.25. The van der Waals surface area contributed by atoms with Gasteiger partial charge in [0.1, 0.15) is 11.0 Å². The molecule has 0 aliphatic carbocycles. The van der Waals surface area contributed by atoms with Gasteiger partial charge in [0.2, 0.25) is 10.0 Å². The topological polar surface area (TPSA) is 110 Å². The first kappa shape index (κ1) is 25.5. The zero-order valence-corrected chi connectivity index (χ0v) is 22.6. The molecule has 5 aromatic rings. The van der Waals surface area contributed by atoms with E-state index in [-0.39, 0.29) is 23.5 Å². The van der Waals surface area contributed by atoms with Gasteiger partial charge in [-0.1, -0.05) is 71.6 Å². The summed E-state index contributed by atoms with van der Waals surface area (Å²) in [7, 11) is -0.765. The highest BCUT2D eigenvalue weighted by atomic mass is 32.2. The molecule has 202 valence electrons. The highest BCUT2D eigenvalue weighted by molar-refractivity contribution is 7.89. The fourth-order valence-corrected chi connectivity index (χ4v) is 5.55. The highest BCUT2D eigenvalue weighted by Gasteiger charge is 2.31. The quantitative estimate of drug-likeness (QED) is 0.328. The molecule has 0 unspecified atom stereocenters. The van der Waals surface area contributed by atoms with Crippen LogP contribution in [0.15, 0.2) is 102 Å². The fraction of sp³-hybridized carbons (Fsp3) is 0.138. The number of fused-ring (bicyclic) bond motifs is 2. The molecule has 1 aliphatic rings. The number of rotatable bonds is 7. The van der Waals surface area contributed by atoms with Crippen LogP contribution in [0.25, 0.3) is 27.5 Å². The first-order valence-corrected chi connectivity index (χ1v) is 14.0. The molecule has 0 fully saturated rings. The van der Waals surface area contributed by atoms with Gasteiger partial charge in [0.05, 0.1) is 16.6 Å². The molecule has 2 heterocycles. The van der Waals surface area contributed by atoms with Gasteiger partial charge in [0.15, 0.2) is 6.61 Å². The van der Waals surface area contributed by atoms with Crippen molar-refractivity contribution in [1.82, 2.24) is 29.9 Å². The van der Waals surface area contributed by atoms with Crippen LogP contribution in [-0.2, 0) is 14.8 Å². The van der Waals surface area contributed by atoms with E-state index in [0.29, 0.717) is 11.0 Å². The molecule has 1 aliphatic heterocycles. The first-order valence-electron chi connectivity index (χ1n) is 12.6. The van der Waals surface area contributed by atoms with Gasteiger partial charge in [-0.25, -0.2) is 17.7 Å². The number of carbonyl (C=O) groups excluding carboxylic acids is 1. The Morgan fingerprint density at radius 3 is 2.48 bits per heavy atom. The van der Waals surface area contributed by atoms with E-state index in [1.54, 1.807) is 6.07 Å². The van der Waals surface area contributed by atoms with E-state index in [0.717, 1.165) is 36.7 Å². The van der Waals surface area contributed by atoms with Crippen LogP contribution in [0.3, 0.4) is 0 Å². The average molecular weight is 555 g/mol. The lowest BCUT2D eigenvalue weighted by Crippen LogP contribution is -2.43. The number of hydrogen-bond donors (Lipinski definition) is 1. The summed E-state index contributed by atoms with van der Waals surface area (Å²) in [6.07, 6.45) is 2.01. The van der Waals surface area contributed by atoms with Gasteiger partial charge in [-0.2, -0.15) is 0 Å². The molecule has 0 radical (unpaired) electrons. The molecule has 11 heteroatoms. The summed E-state index contributed by atoms with van der Waals surface area (Å²) in [6.45, 7) is -0.363. The van der Waals surface area contributed by atoms with Crippen molar-refractivity contribution in [3.05, 3.63) is 108 Å². The second-order valence-electron chi connectivity index (χ2n) is 9.55. The average Bonchev–Trinajstić information content (AvgIpc) is 3.61. The molecule has 6 rings (SSSR count). The molecule has 0 saturated carbocycles. The van der Waals surface area contributed by atoms with Gasteiger partial charge < -0.3 is 4.84 Å². The van der Waals surface area contributed by atoms with Crippen molar-refractivity contribution in [3.63, 3.8) is 0 Å². The van der Waals surface area contributed by atoms with Crippen molar-refractivity contribution in [2.75, 3.05) is 20.7 Å². The van der Waals surface area contributed by atoms with Gasteiger partial charge in [0.25, 0.3) is 5.91 Å². The Labute approximate surface area is 231 Å². The van der Waals surface area contributed by atoms with Crippen LogP contribution in [0.2, 0.25) is 0 Å². The molecule has 1 N–H and O–H groups in total. The molecule has 0 spiro atoms. The van der Waals surface area contributed by atoms with Gasteiger partial charge in [0, 0.05) is 14.1 Å². The van der Waals surface area contributed by atoms with E-state index < -0.39 is 10.0 Å². The summed E-state index contributed by atoms with van der Waals surface area (Å²) < 4.78 is 26.3. The maximum absolute atomic E-state index is 13.5. The largest absolute Gasteiger partial charge is 0.385 e. The molecule has 10 nitrogen and oxygen atoms in total. The molecule has 40 heavy (non-hydrogen) atoms. The third kappa shape index (κ3) is 4.65. The van der Waals surface area contributed by atoms with Crippen molar-refractivity contribution in [1.29, 1.82) is 0 Å². The predicted octanol–water partition coefficient (Wildman–Crippen LogP) is 3.39. The van der Waals surface area contributed by atoms with Crippen LogP contribution < -0.4 is 10.3 Å². The highest BCUT2D eigenvalue weighted by Crippen LogP contribution is 2.32. The van der Waals surface area contributed by atoms with Crippen molar-refractivity contribution >= 4 is 43.4 Å². The second-order valence-corrected chi connectivity index (χ2v) is 11.7. The lowest BCUT2D eigenvalue weighted by atomic mass is 10.0. The minimum absolute atomic E-state index is 0.0676. The van der Waals surface area contributed by atoms with E-state index in [9.17, 15) is 13.2 Å². The summed E-state index contributed by atoms with van der Waals surface area (Å²) in [5.41, 5.74) is 6.72. The Bertz CT molecular complexity index is 1870. The fourth-order valence-electron chi connectivity index (χ4n) is 4.63. The maximum Gasteiger partial charge on any atom is 0.282 e.